The molecule has 0 saturated carbocycles. The average Bonchev–Trinajstić information content (AvgIpc) is 2.08. The van der Waals surface area contributed by atoms with Gasteiger partial charge in [-0.2, -0.15) is 0 Å². The molecule has 0 bridgehead atoms. The molecule has 1 rings (SSSR count). The molecule has 0 N–H and O–H groups in total. The van der Waals surface area contributed by atoms with Crippen LogP contribution in [0.15, 0.2) is 12.3 Å². The smallest absolute Gasteiger partial charge is 0.147 e. The van der Waals surface area contributed by atoms with Crippen LogP contribution in [0.2, 0.25) is 10.2 Å². The number of hydrogen-bond acceptors (Lipinski definition) is 2. The second-order valence-corrected chi connectivity index (χ2v) is 3.12. The normalized spacial score (nSPS) is 13.0. The molecule has 66 valence electrons. The van der Waals surface area contributed by atoms with Crippen LogP contribution in [0, 0.1) is 0 Å². The summed E-state index contributed by atoms with van der Waals surface area (Å²) in [5, 5.41) is 0.784. The Morgan fingerprint density at radius 3 is 2.75 bits per heavy atom. The Balaban J connectivity index is 3.07. The van der Waals surface area contributed by atoms with E-state index in [9.17, 15) is 0 Å². The molecule has 0 aliphatic rings. The Bertz CT molecular complexity index is 278. The third-order valence-corrected chi connectivity index (χ3v) is 2.45. The minimum absolute atomic E-state index is 0.0574. The lowest BCUT2D eigenvalue weighted by Crippen LogP contribution is -1.97. The minimum Gasteiger partial charge on any atom is -0.377 e. The highest BCUT2D eigenvalue weighted by Crippen LogP contribution is 2.29. The second kappa shape index (κ2) is 4.08. The Morgan fingerprint density at radius 2 is 2.17 bits per heavy atom. The molecule has 1 unspecified atom stereocenters. The quantitative estimate of drug-likeness (QED) is 0.693. The van der Waals surface area contributed by atoms with E-state index in [0.29, 0.717) is 10.2 Å². The summed E-state index contributed by atoms with van der Waals surface area (Å²) in [7, 11) is 1.62. The Labute approximate surface area is 81.5 Å². The zero-order valence-electron chi connectivity index (χ0n) is 6.84. The van der Waals surface area contributed by atoms with E-state index in [-0.39, 0.29) is 6.10 Å². The number of ether oxygens (including phenoxy) is 1. The number of hydrogen-bond donors (Lipinski definition) is 0. The van der Waals surface area contributed by atoms with Gasteiger partial charge in [0, 0.05) is 18.9 Å². The highest BCUT2D eigenvalue weighted by Gasteiger charge is 2.11. The van der Waals surface area contributed by atoms with Crippen molar-refractivity contribution < 1.29 is 4.74 Å². The van der Waals surface area contributed by atoms with Crippen molar-refractivity contribution in [3.05, 3.63) is 28.0 Å². The van der Waals surface area contributed by atoms with Crippen LogP contribution in [0.5, 0.6) is 0 Å². The fraction of sp³-hybridized carbons (Fsp3) is 0.375. The van der Waals surface area contributed by atoms with Crippen LogP contribution in [-0.4, -0.2) is 12.1 Å². The molecule has 0 radical (unpaired) electrons. The van der Waals surface area contributed by atoms with Crippen LogP contribution in [-0.2, 0) is 4.74 Å². The van der Waals surface area contributed by atoms with Crippen molar-refractivity contribution in [3.63, 3.8) is 0 Å². The molecule has 0 amide bonds. The van der Waals surface area contributed by atoms with Crippen LogP contribution in [0.1, 0.15) is 18.6 Å². The molecular weight excluding hydrogens is 197 g/mol. The maximum Gasteiger partial charge on any atom is 0.147 e. The molecule has 1 aromatic rings. The number of aromatic nitrogens is 1. The topological polar surface area (TPSA) is 22.1 Å². The van der Waals surface area contributed by atoms with Crippen molar-refractivity contribution in [2.75, 3.05) is 7.11 Å². The van der Waals surface area contributed by atoms with Gasteiger partial charge in [0.2, 0.25) is 0 Å². The summed E-state index contributed by atoms with van der Waals surface area (Å²) < 4.78 is 5.10. The van der Waals surface area contributed by atoms with Crippen LogP contribution in [0.4, 0.5) is 0 Å². The first-order chi connectivity index (χ1) is 5.66. The van der Waals surface area contributed by atoms with Crippen LogP contribution >= 0.6 is 23.2 Å². The molecule has 0 spiro atoms. The van der Waals surface area contributed by atoms with Gasteiger partial charge in [-0.3, -0.25) is 0 Å². The Morgan fingerprint density at radius 1 is 1.50 bits per heavy atom. The monoisotopic (exact) mass is 205 g/mol. The zero-order valence-corrected chi connectivity index (χ0v) is 8.36. The van der Waals surface area contributed by atoms with Gasteiger partial charge in [0.15, 0.2) is 0 Å². The summed E-state index contributed by atoms with van der Waals surface area (Å²) in [6, 6.07) is 1.79. The van der Waals surface area contributed by atoms with Gasteiger partial charge in [-0.25, -0.2) is 4.98 Å². The molecular formula is C8H9Cl2NO. The number of rotatable bonds is 2. The highest BCUT2D eigenvalue weighted by molar-refractivity contribution is 6.41. The minimum atomic E-state index is -0.0574. The van der Waals surface area contributed by atoms with E-state index >= 15 is 0 Å². The molecule has 0 aliphatic carbocycles. The standard InChI is InChI=1S/C8H9Cl2NO/c1-5(12-2)6-3-4-11-8(10)7(6)9/h3-5H,1-2H3. The van der Waals surface area contributed by atoms with E-state index in [2.05, 4.69) is 4.98 Å². The second-order valence-electron chi connectivity index (χ2n) is 2.38. The predicted molar refractivity (Wildman–Crippen MR) is 49.7 cm³/mol. The maximum atomic E-state index is 5.89. The van der Waals surface area contributed by atoms with Crippen molar-refractivity contribution in [2.45, 2.75) is 13.0 Å². The van der Waals surface area contributed by atoms with E-state index in [1.165, 1.54) is 0 Å². The van der Waals surface area contributed by atoms with Crippen molar-refractivity contribution in [3.8, 4) is 0 Å². The van der Waals surface area contributed by atoms with Gasteiger partial charge >= 0.3 is 0 Å². The lowest BCUT2D eigenvalue weighted by molar-refractivity contribution is 0.119. The van der Waals surface area contributed by atoms with E-state index < -0.39 is 0 Å². The van der Waals surface area contributed by atoms with E-state index in [1.54, 1.807) is 19.4 Å². The molecule has 1 heterocycles. The van der Waals surface area contributed by atoms with Crippen LogP contribution in [0.25, 0.3) is 0 Å². The van der Waals surface area contributed by atoms with E-state index in [4.69, 9.17) is 27.9 Å². The maximum absolute atomic E-state index is 5.89. The largest absolute Gasteiger partial charge is 0.377 e. The SMILES string of the molecule is COC(C)c1ccnc(Cl)c1Cl. The van der Waals surface area contributed by atoms with Gasteiger partial charge in [0.25, 0.3) is 0 Å². The number of methoxy groups -OCH3 is 1. The van der Waals surface area contributed by atoms with E-state index in [0.717, 1.165) is 5.56 Å². The van der Waals surface area contributed by atoms with Gasteiger partial charge < -0.3 is 4.74 Å². The third kappa shape index (κ3) is 1.89. The number of pyridine rings is 1. The lowest BCUT2D eigenvalue weighted by Gasteiger charge is -2.11. The van der Waals surface area contributed by atoms with Crippen molar-refractivity contribution >= 4 is 23.2 Å². The molecule has 0 saturated heterocycles. The van der Waals surface area contributed by atoms with Gasteiger partial charge in [0.05, 0.1) is 11.1 Å². The number of halogens is 2. The molecule has 4 heteroatoms. The Kier molecular flexibility index (Phi) is 3.32. The molecule has 0 fully saturated rings. The summed E-state index contributed by atoms with van der Waals surface area (Å²) in [6.45, 7) is 1.90. The fourth-order valence-electron chi connectivity index (χ4n) is 0.873. The zero-order chi connectivity index (χ0) is 9.14. The van der Waals surface area contributed by atoms with Gasteiger partial charge in [-0.05, 0) is 13.0 Å². The van der Waals surface area contributed by atoms with Crippen LogP contribution < -0.4 is 0 Å². The number of nitrogens with zero attached hydrogens (tertiary/aromatic N) is 1. The average molecular weight is 206 g/mol. The molecule has 1 atom stereocenters. The third-order valence-electron chi connectivity index (χ3n) is 1.67. The summed E-state index contributed by atoms with van der Waals surface area (Å²) in [5.74, 6) is 0. The first-order valence-corrected chi connectivity index (χ1v) is 4.25. The van der Waals surface area contributed by atoms with Gasteiger partial charge in [-0.1, -0.05) is 23.2 Å². The summed E-state index contributed by atoms with van der Waals surface area (Å²) in [5.41, 5.74) is 0.860. The van der Waals surface area contributed by atoms with Gasteiger partial charge in [-0.15, -0.1) is 0 Å². The summed E-state index contributed by atoms with van der Waals surface area (Å²) in [6.07, 6.45) is 1.55. The van der Waals surface area contributed by atoms with E-state index in [1.807, 2.05) is 6.92 Å². The first-order valence-electron chi connectivity index (χ1n) is 3.49. The fourth-order valence-corrected chi connectivity index (χ4v) is 1.30. The highest BCUT2D eigenvalue weighted by atomic mass is 35.5. The lowest BCUT2D eigenvalue weighted by atomic mass is 10.2. The molecule has 2 nitrogen and oxygen atoms in total. The van der Waals surface area contributed by atoms with Crippen LogP contribution in [0.3, 0.4) is 0 Å². The van der Waals surface area contributed by atoms with Crippen molar-refractivity contribution in [1.29, 1.82) is 0 Å². The van der Waals surface area contributed by atoms with Crippen molar-refractivity contribution in [1.82, 2.24) is 4.98 Å². The Hall–Kier alpha value is -0.310. The summed E-state index contributed by atoms with van der Waals surface area (Å²) >= 11 is 11.6. The van der Waals surface area contributed by atoms with Crippen molar-refractivity contribution in [2.24, 2.45) is 0 Å². The predicted octanol–water partition coefficient (Wildman–Crippen LogP) is 3.10. The molecule has 0 aliphatic heterocycles. The summed E-state index contributed by atoms with van der Waals surface area (Å²) in [4.78, 5) is 3.83. The van der Waals surface area contributed by atoms with Gasteiger partial charge in [0.1, 0.15) is 5.15 Å². The molecule has 0 aromatic carbocycles. The molecule has 1 aromatic heterocycles. The molecule has 12 heavy (non-hydrogen) atoms. The first kappa shape index (κ1) is 9.78.